The van der Waals surface area contributed by atoms with Gasteiger partial charge in [-0.25, -0.2) is 4.98 Å². The molecule has 0 spiro atoms. The number of aliphatic hydroxyl groups excluding tert-OH is 1. The van der Waals surface area contributed by atoms with E-state index in [-0.39, 0.29) is 82.5 Å². The maximum Gasteiger partial charge on any atom is 0.248 e. The Labute approximate surface area is 452 Å². The van der Waals surface area contributed by atoms with Gasteiger partial charge in [-0.2, -0.15) is 0 Å². The number of aliphatic hydroxyl groups is 1. The number of ether oxygens (including phenoxy) is 6. The summed E-state index contributed by atoms with van der Waals surface area (Å²) in [4.78, 5) is 61.6. The molecule has 0 bridgehead atoms. The first-order valence-corrected chi connectivity index (χ1v) is 27.1. The first-order valence-electron chi connectivity index (χ1n) is 26.2. The first-order chi connectivity index (χ1) is 36.7. The van der Waals surface area contributed by atoms with Crippen LogP contribution in [0.2, 0.25) is 0 Å². The van der Waals surface area contributed by atoms with Gasteiger partial charge in [0.05, 0.1) is 81.6 Å². The molecule has 3 amide bonds. The number of ketones is 1. The Morgan fingerprint density at radius 2 is 1.32 bits per heavy atom. The van der Waals surface area contributed by atoms with Crippen molar-refractivity contribution in [2.24, 2.45) is 11.3 Å². The monoisotopic (exact) mass is 1060 g/mol. The number of nitrogens with zero attached hydrogens (tertiary/aromatic N) is 3. The molecule has 1 aromatic heterocycles. The molecule has 5 aromatic rings. The van der Waals surface area contributed by atoms with Crippen molar-refractivity contribution in [3.8, 4) is 16.2 Å². The van der Waals surface area contributed by atoms with Crippen LogP contribution in [-0.2, 0) is 49.4 Å². The van der Waals surface area contributed by atoms with Crippen LogP contribution in [0.15, 0.2) is 115 Å². The second-order valence-electron chi connectivity index (χ2n) is 19.8. The third kappa shape index (κ3) is 18.3. The normalized spacial score (nSPS) is 15.3. The van der Waals surface area contributed by atoms with Crippen molar-refractivity contribution >= 4 is 46.0 Å². The maximum atomic E-state index is 14.0. The number of allylic oxidation sites excluding steroid dienone is 1. The predicted octanol–water partition coefficient (Wildman–Crippen LogP) is 8.31. The number of aromatic nitrogens is 1. The number of likely N-dealkylation sites (tertiary alicyclic amines) is 1. The Bertz CT molecular complexity index is 2600. The molecule has 6 rings (SSSR count). The van der Waals surface area contributed by atoms with Gasteiger partial charge in [-0.15, -0.1) is 11.3 Å². The molecule has 2 N–H and O–H groups in total. The lowest BCUT2D eigenvalue weighted by Gasteiger charge is -2.34. The summed E-state index contributed by atoms with van der Waals surface area (Å²) in [6.07, 6.45) is 0.0900. The molecule has 1 saturated heterocycles. The van der Waals surface area contributed by atoms with Gasteiger partial charge in [0.25, 0.3) is 0 Å². The van der Waals surface area contributed by atoms with E-state index in [4.69, 9.17) is 28.4 Å². The summed E-state index contributed by atoms with van der Waals surface area (Å²) in [5.74, 6) is -1.08. The van der Waals surface area contributed by atoms with E-state index in [1.807, 2.05) is 81.7 Å². The van der Waals surface area contributed by atoms with E-state index < -0.39 is 23.5 Å². The van der Waals surface area contributed by atoms with E-state index in [1.165, 1.54) is 21.6 Å². The average Bonchev–Trinajstić information content (AvgIpc) is 4.05. The summed E-state index contributed by atoms with van der Waals surface area (Å²) in [7, 11) is 1.73. The number of Topliss-reactive ketones (excluding diaryl/α,β-unsaturated/α-hetero) is 1. The van der Waals surface area contributed by atoms with Gasteiger partial charge in [-0.05, 0) is 69.9 Å². The van der Waals surface area contributed by atoms with Crippen LogP contribution in [0, 0.1) is 18.3 Å². The van der Waals surface area contributed by atoms with Gasteiger partial charge in [0.15, 0.2) is 5.78 Å². The van der Waals surface area contributed by atoms with Gasteiger partial charge in [-0.3, -0.25) is 19.2 Å². The topological polar surface area (TPSA) is 175 Å². The second-order valence-corrected chi connectivity index (χ2v) is 20.7. The molecule has 4 aromatic carbocycles. The van der Waals surface area contributed by atoms with Crippen LogP contribution in [0.3, 0.4) is 0 Å². The molecule has 3 atom stereocenters. The number of hydrogen-bond acceptors (Lipinski definition) is 13. The number of β-amino-alcohol motifs (C(OH)–C–C–N with tert-alkyl or cyclic N) is 1. The zero-order valence-electron chi connectivity index (χ0n) is 45.0. The Hall–Kier alpha value is -6.11. The lowest BCUT2D eigenvalue weighted by molar-refractivity contribution is -0.146. The molecule has 408 valence electrons. The number of thiazole rings is 1. The molecular weight excluding hydrogens is 985 g/mol. The molecule has 1 aliphatic heterocycles. The molecule has 76 heavy (non-hydrogen) atoms. The summed E-state index contributed by atoms with van der Waals surface area (Å²) >= 11 is 1.57. The number of benzene rings is 4. The SMILES string of the molecule is CC/C(=C(\c1ccccc1)c1ccc(OCCN(C)C(=O)COCCOCCOCCOCCOCC(=O)C[C@H](C(=O)N2C[C@H](O)C[C@H]2C(=O)NCc2ccc(-c3scnc3C)cc2)C(C)(C)C)cc1)c1ccccc1. The van der Waals surface area contributed by atoms with E-state index in [1.54, 1.807) is 23.3 Å². The summed E-state index contributed by atoms with van der Waals surface area (Å²) in [6.45, 7) is 13.0. The Kier molecular flexibility index (Phi) is 23.8. The highest BCUT2D eigenvalue weighted by Gasteiger charge is 2.44. The van der Waals surface area contributed by atoms with E-state index >= 15 is 0 Å². The fourth-order valence-corrected chi connectivity index (χ4v) is 9.69. The van der Waals surface area contributed by atoms with Crippen LogP contribution in [0.1, 0.15) is 74.9 Å². The smallest absolute Gasteiger partial charge is 0.248 e. The maximum absolute atomic E-state index is 14.0. The number of likely N-dealkylation sites (N-methyl/N-ethyl adjacent to an activating group) is 1. The zero-order valence-corrected chi connectivity index (χ0v) is 45.8. The van der Waals surface area contributed by atoms with Crippen LogP contribution < -0.4 is 10.1 Å². The van der Waals surface area contributed by atoms with E-state index in [9.17, 15) is 24.3 Å². The number of nitrogens with one attached hydrogen (secondary N) is 1. The molecule has 16 heteroatoms. The van der Waals surface area contributed by atoms with Crippen LogP contribution >= 0.6 is 11.3 Å². The van der Waals surface area contributed by atoms with Crippen LogP contribution in [0.4, 0.5) is 0 Å². The van der Waals surface area contributed by atoms with Crippen molar-refractivity contribution in [1.29, 1.82) is 0 Å². The van der Waals surface area contributed by atoms with Crippen molar-refractivity contribution < 1.29 is 52.7 Å². The minimum Gasteiger partial charge on any atom is -0.492 e. The highest BCUT2D eigenvalue weighted by molar-refractivity contribution is 7.13. The van der Waals surface area contributed by atoms with Crippen molar-refractivity contribution in [2.45, 2.75) is 72.6 Å². The number of hydrogen-bond donors (Lipinski definition) is 2. The Balaban J connectivity index is 0.773. The second kappa shape index (κ2) is 30.6. The van der Waals surface area contributed by atoms with Gasteiger partial charge in [0.1, 0.15) is 31.6 Å². The standard InChI is InChI=1S/C60H76N4O11S/c1-7-52(45-14-10-8-11-15-45)56(46-16-12-9-13-17-46)47-22-24-51(25-23-47)75-27-26-63(6)55(67)41-74-35-33-72-31-29-70-28-30-71-32-34-73-40-50(66)36-53(60(3,4)5)59(69)64-39-49(65)37-54(64)58(68)61-38-44-18-20-48(21-19-44)57-43(2)62-42-76-57/h8-25,42,49,53-54,65H,7,26-41H2,1-6H3,(H,61,68)/b56-52-/t49-,53-,54+/m1/s1. The Morgan fingerprint density at radius 3 is 1.88 bits per heavy atom. The average molecular weight is 1060 g/mol. The number of amides is 3. The lowest BCUT2D eigenvalue weighted by atomic mass is 9.77. The van der Waals surface area contributed by atoms with E-state index in [0.29, 0.717) is 46.2 Å². The van der Waals surface area contributed by atoms with Crippen LogP contribution in [0.25, 0.3) is 21.6 Å². The largest absolute Gasteiger partial charge is 0.492 e. The van der Waals surface area contributed by atoms with Gasteiger partial charge in [0, 0.05) is 38.9 Å². The highest BCUT2D eigenvalue weighted by atomic mass is 32.1. The number of carbonyl (C=O) groups is 4. The summed E-state index contributed by atoms with van der Waals surface area (Å²) < 4.78 is 33.9. The molecule has 1 aliphatic rings. The number of carbonyl (C=O) groups excluding carboxylic acids is 4. The molecule has 1 fully saturated rings. The molecular formula is C60H76N4O11S. The molecule has 2 heterocycles. The van der Waals surface area contributed by atoms with Crippen LogP contribution in [0.5, 0.6) is 5.75 Å². The first kappa shape index (κ1) is 59.1. The zero-order chi connectivity index (χ0) is 54.3. The summed E-state index contributed by atoms with van der Waals surface area (Å²) in [6, 6.07) is 36.1. The van der Waals surface area contributed by atoms with Crippen molar-refractivity contribution in [2.75, 3.05) is 92.8 Å². The lowest BCUT2D eigenvalue weighted by Crippen LogP contribution is -2.50. The Morgan fingerprint density at radius 1 is 0.750 bits per heavy atom. The van der Waals surface area contributed by atoms with E-state index in [0.717, 1.165) is 45.0 Å². The third-order valence-corrected chi connectivity index (χ3v) is 14.1. The predicted molar refractivity (Wildman–Crippen MR) is 296 cm³/mol. The summed E-state index contributed by atoms with van der Waals surface area (Å²) in [5.41, 5.74) is 10.1. The van der Waals surface area contributed by atoms with Gasteiger partial charge in [0.2, 0.25) is 17.7 Å². The minimum absolute atomic E-state index is 0.0181. The molecule has 0 aliphatic carbocycles. The van der Waals surface area contributed by atoms with Gasteiger partial charge < -0.3 is 48.6 Å². The molecule has 15 nitrogen and oxygen atoms in total. The minimum atomic E-state index is -0.850. The fraction of sp³-hybridized carbons (Fsp3) is 0.450. The quantitative estimate of drug-likeness (QED) is 0.0322. The third-order valence-electron chi connectivity index (χ3n) is 13.1. The molecule has 0 unspecified atom stereocenters. The summed E-state index contributed by atoms with van der Waals surface area (Å²) in [5, 5.41) is 13.5. The van der Waals surface area contributed by atoms with Gasteiger partial charge >= 0.3 is 0 Å². The van der Waals surface area contributed by atoms with Gasteiger partial charge in [-0.1, -0.05) is 125 Å². The molecule has 0 radical (unpaired) electrons. The number of rotatable bonds is 31. The van der Waals surface area contributed by atoms with Crippen molar-refractivity contribution in [3.63, 3.8) is 0 Å². The fourth-order valence-electron chi connectivity index (χ4n) is 8.88. The number of aryl methyl sites for hydroxylation is 1. The van der Waals surface area contributed by atoms with E-state index in [2.05, 4.69) is 77.9 Å². The highest BCUT2D eigenvalue weighted by Crippen LogP contribution is 2.36. The van der Waals surface area contributed by atoms with Crippen molar-refractivity contribution in [1.82, 2.24) is 20.1 Å². The molecule has 0 saturated carbocycles. The van der Waals surface area contributed by atoms with Crippen LogP contribution in [-0.4, -0.2) is 148 Å². The van der Waals surface area contributed by atoms with Crippen molar-refractivity contribution in [3.05, 3.63) is 143 Å².